The molecule has 4 rings (SSSR count). The summed E-state index contributed by atoms with van der Waals surface area (Å²) in [6, 6.07) is 14.7. The Morgan fingerprint density at radius 2 is 1.90 bits per heavy atom. The Bertz CT molecular complexity index is 1220. The molecule has 0 unspecified atom stereocenters. The lowest BCUT2D eigenvalue weighted by Crippen LogP contribution is -2.23. The predicted molar refractivity (Wildman–Crippen MR) is 108 cm³/mol. The summed E-state index contributed by atoms with van der Waals surface area (Å²) in [7, 11) is 1.55. The van der Waals surface area contributed by atoms with Crippen molar-refractivity contribution in [3.05, 3.63) is 81.5 Å². The van der Waals surface area contributed by atoms with Gasteiger partial charge in [0.25, 0.3) is 0 Å². The topological polar surface area (TPSA) is 87.7 Å². The molecule has 1 aromatic carbocycles. The van der Waals surface area contributed by atoms with E-state index < -0.39 is 0 Å². The van der Waals surface area contributed by atoms with Crippen molar-refractivity contribution >= 4 is 11.6 Å². The van der Waals surface area contributed by atoms with Gasteiger partial charge in [-0.05, 0) is 47.2 Å². The van der Waals surface area contributed by atoms with Gasteiger partial charge < -0.3 is 4.74 Å². The molecule has 0 aliphatic heterocycles. The lowest BCUT2D eigenvalue weighted by Gasteiger charge is -2.13. The molecule has 29 heavy (non-hydrogen) atoms. The highest BCUT2D eigenvalue weighted by atomic mass is 35.5. The zero-order chi connectivity index (χ0) is 20.4. The van der Waals surface area contributed by atoms with E-state index in [1.54, 1.807) is 25.4 Å². The minimum atomic E-state index is -0.327. The molecule has 146 valence electrons. The summed E-state index contributed by atoms with van der Waals surface area (Å²) < 4.78 is 8.38. The average molecular weight is 409 g/mol. The average Bonchev–Trinajstić information content (AvgIpc) is 3.06. The van der Waals surface area contributed by atoms with Crippen LogP contribution in [0.1, 0.15) is 11.1 Å². The largest absolute Gasteiger partial charge is 0.473 e. The van der Waals surface area contributed by atoms with Gasteiger partial charge in [0.15, 0.2) is 0 Å². The quantitative estimate of drug-likeness (QED) is 0.472. The lowest BCUT2D eigenvalue weighted by molar-refractivity contribution is 0.293. The molecule has 0 amide bonds. The zero-order valence-electron chi connectivity index (χ0n) is 15.8. The van der Waals surface area contributed by atoms with E-state index in [-0.39, 0.29) is 12.3 Å². The van der Waals surface area contributed by atoms with E-state index in [1.165, 1.54) is 9.36 Å². The van der Waals surface area contributed by atoms with Crippen LogP contribution in [0.5, 0.6) is 5.88 Å². The molecule has 4 aromatic rings. The zero-order valence-corrected chi connectivity index (χ0v) is 16.5. The minimum absolute atomic E-state index is 0.223. The van der Waals surface area contributed by atoms with Crippen LogP contribution in [0.2, 0.25) is 5.15 Å². The third-order valence-corrected chi connectivity index (χ3v) is 4.67. The number of hydrogen-bond donors (Lipinski definition) is 0. The molecule has 0 saturated heterocycles. The van der Waals surface area contributed by atoms with Crippen molar-refractivity contribution in [2.24, 2.45) is 7.05 Å². The number of tetrazole rings is 1. The van der Waals surface area contributed by atoms with Gasteiger partial charge in [-0.25, -0.2) is 14.8 Å². The molecule has 0 N–H and O–H groups in total. The van der Waals surface area contributed by atoms with Crippen molar-refractivity contribution in [2.75, 3.05) is 0 Å². The third kappa shape index (κ3) is 3.88. The highest BCUT2D eigenvalue weighted by molar-refractivity contribution is 6.29. The molecule has 3 heterocycles. The molecule has 0 atom stereocenters. The molecule has 0 aliphatic rings. The van der Waals surface area contributed by atoms with Crippen LogP contribution in [-0.4, -0.2) is 29.8 Å². The summed E-state index contributed by atoms with van der Waals surface area (Å²) in [6.07, 6.45) is 1.66. The fraction of sp³-hybridized carbons (Fsp3) is 0.150. The van der Waals surface area contributed by atoms with Crippen LogP contribution in [0.25, 0.3) is 16.9 Å². The van der Waals surface area contributed by atoms with Gasteiger partial charge in [0, 0.05) is 30.4 Å². The van der Waals surface area contributed by atoms with Crippen LogP contribution in [-0.2, 0) is 13.7 Å². The van der Waals surface area contributed by atoms with Crippen molar-refractivity contribution in [1.82, 2.24) is 29.8 Å². The van der Waals surface area contributed by atoms with Crippen LogP contribution < -0.4 is 10.4 Å². The first-order chi connectivity index (χ1) is 14.0. The first-order valence-electron chi connectivity index (χ1n) is 8.82. The molecule has 8 nitrogen and oxygen atoms in total. The van der Waals surface area contributed by atoms with Gasteiger partial charge in [0.2, 0.25) is 5.88 Å². The molecule has 0 saturated carbocycles. The number of aromatic nitrogens is 6. The van der Waals surface area contributed by atoms with E-state index in [2.05, 4.69) is 20.4 Å². The van der Waals surface area contributed by atoms with Crippen molar-refractivity contribution in [1.29, 1.82) is 0 Å². The van der Waals surface area contributed by atoms with Gasteiger partial charge in [-0.3, -0.25) is 0 Å². The SMILES string of the molecule is Cc1cccc(-n2nnn(C)c2=O)c1COc1cccc(-c2ccc(Cl)nc2)n1. The summed E-state index contributed by atoms with van der Waals surface area (Å²) >= 11 is 5.85. The summed E-state index contributed by atoms with van der Waals surface area (Å²) in [4.78, 5) is 20.9. The molecule has 0 bridgehead atoms. The van der Waals surface area contributed by atoms with Crippen LogP contribution in [0, 0.1) is 6.92 Å². The van der Waals surface area contributed by atoms with Crippen LogP contribution in [0.15, 0.2) is 59.5 Å². The van der Waals surface area contributed by atoms with Gasteiger partial charge in [-0.1, -0.05) is 29.8 Å². The molecule has 9 heteroatoms. The maximum atomic E-state index is 12.3. The number of halogens is 1. The van der Waals surface area contributed by atoms with E-state index in [0.29, 0.717) is 16.7 Å². The summed E-state index contributed by atoms with van der Waals surface area (Å²) in [5.41, 5.74) is 3.66. The Labute approximate surface area is 171 Å². The van der Waals surface area contributed by atoms with Crippen molar-refractivity contribution in [2.45, 2.75) is 13.5 Å². The maximum absolute atomic E-state index is 12.3. The van der Waals surface area contributed by atoms with Crippen molar-refractivity contribution < 1.29 is 4.74 Å². The molecule has 3 aromatic heterocycles. The third-order valence-electron chi connectivity index (χ3n) is 4.45. The number of benzene rings is 1. The van der Waals surface area contributed by atoms with Crippen molar-refractivity contribution in [3.63, 3.8) is 0 Å². The van der Waals surface area contributed by atoms with E-state index in [4.69, 9.17) is 16.3 Å². The Hall–Kier alpha value is -3.52. The monoisotopic (exact) mass is 408 g/mol. The fourth-order valence-corrected chi connectivity index (χ4v) is 2.98. The van der Waals surface area contributed by atoms with Gasteiger partial charge in [0.1, 0.15) is 11.8 Å². The van der Waals surface area contributed by atoms with E-state index in [0.717, 1.165) is 22.4 Å². The van der Waals surface area contributed by atoms with E-state index in [9.17, 15) is 4.79 Å². The predicted octanol–water partition coefficient (Wildman–Crippen LogP) is 2.96. The van der Waals surface area contributed by atoms with Gasteiger partial charge in [-0.15, -0.1) is 0 Å². The molecular formula is C20H17ClN6O2. The van der Waals surface area contributed by atoms with Gasteiger partial charge in [-0.2, -0.15) is 9.36 Å². The van der Waals surface area contributed by atoms with Gasteiger partial charge >= 0.3 is 5.69 Å². The molecule has 0 radical (unpaired) electrons. The Morgan fingerprint density at radius 1 is 1.07 bits per heavy atom. The number of ether oxygens (including phenoxy) is 1. The van der Waals surface area contributed by atoms with Crippen LogP contribution in [0.4, 0.5) is 0 Å². The summed E-state index contributed by atoms with van der Waals surface area (Å²) in [5.74, 6) is 0.457. The Kier molecular flexibility index (Phi) is 5.09. The first-order valence-corrected chi connectivity index (χ1v) is 9.20. The Morgan fingerprint density at radius 3 is 2.62 bits per heavy atom. The lowest BCUT2D eigenvalue weighted by atomic mass is 10.1. The molecule has 0 aliphatic carbocycles. The van der Waals surface area contributed by atoms with Crippen LogP contribution in [0.3, 0.4) is 0 Å². The molecule has 0 spiro atoms. The standard InChI is InChI=1S/C20H17ClN6O2/c1-13-5-3-7-17(27-20(28)26(2)24-25-27)15(13)12-29-19-8-4-6-16(23-19)14-9-10-18(21)22-11-14/h3-11H,12H2,1-2H3. The van der Waals surface area contributed by atoms with E-state index >= 15 is 0 Å². The van der Waals surface area contributed by atoms with E-state index in [1.807, 2.05) is 43.3 Å². The highest BCUT2D eigenvalue weighted by Crippen LogP contribution is 2.22. The number of nitrogens with zero attached hydrogens (tertiary/aromatic N) is 6. The van der Waals surface area contributed by atoms with Gasteiger partial charge in [0.05, 0.1) is 11.4 Å². The number of pyridine rings is 2. The number of hydrogen-bond acceptors (Lipinski definition) is 6. The van der Waals surface area contributed by atoms with Crippen molar-refractivity contribution in [3.8, 4) is 22.8 Å². The second-order valence-corrected chi connectivity index (χ2v) is 6.78. The summed E-state index contributed by atoms with van der Waals surface area (Å²) in [5, 5.41) is 8.14. The maximum Gasteiger partial charge on any atom is 0.368 e. The molecular weight excluding hydrogens is 392 g/mol. The fourth-order valence-electron chi connectivity index (χ4n) is 2.87. The smallest absolute Gasteiger partial charge is 0.368 e. The number of aryl methyl sites for hydroxylation is 2. The molecule has 0 fully saturated rings. The normalized spacial score (nSPS) is 10.9. The second-order valence-electron chi connectivity index (χ2n) is 6.39. The Balaban J connectivity index is 1.62. The first kappa shape index (κ1) is 18.8. The minimum Gasteiger partial charge on any atom is -0.473 e. The van der Waals surface area contributed by atoms with Crippen LogP contribution >= 0.6 is 11.6 Å². The summed E-state index contributed by atoms with van der Waals surface area (Å²) in [6.45, 7) is 2.17. The second kappa shape index (κ2) is 7.84. The highest BCUT2D eigenvalue weighted by Gasteiger charge is 2.14. The number of rotatable bonds is 5.